The highest BCUT2D eigenvalue weighted by Gasteiger charge is 2.31. The highest BCUT2D eigenvalue weighted by molar-refractivity contribution is 6.33. The molecule has 116 heavy (non-hydrogen) atoms. The van der Waals surface area contributed by atoms with Crippen molar-refractivity contribution in [1.29, 1.82) is 0 Å². The van der Waals surface area contributed by atoms with Crippen molar-refractivity contribution in [3.05, 3.63) is 473 Å². The first kappa shape index (κ1) is 69.8. The molecule has 0 aliphatic heterocycles. The maximum absolute atomic E-state index is 2.53. The zero-order valence-corrected chi connectivity index (χ0v) is 63.8. The van der Waals surface area contributed by atoms with E-state index in [1.165, 1.54) is 0 Å². The zero-order valence-electron chi connectivity index (χ0n) is 63.8. The van der Waals surface area contributed by atoms with E-state index in [-0.39, 0.29) is 0 Å². The lowest BCUT2D eigenvalue weighted by molar-refractivity contribution is 1.26. The summed E-state index contributed by atoms with van der Waals surface area (Å²) >= 11 is 0. The van der Waals surface area contributed by atoms with Crippen LogP contribution in [0.1, 0.15) is 0 Å². The van der Waals surface area contributed by atoms with E-state index in [9.17, 15) is 0 Å². The Morgan fingerprint density at radius 2 is 0.233 bits per heavy atom. The van der Waals surface area contributed by atoms with Crippen LogP contribution in [0.4, 0.5) is 68.2 Å². The summed E-state index contributed by atoms with van der Waals surface area (Å²) in [6.45, 7) is 0. The highest BCUT2D eigenvalue weighted by Crippen LogP contribution is 2.57. The third-order valence-electron chi connectivity index (χ3n) is 22.5. The molecule has 0 saturated heterocycles. The van der Waals surface area contributed by atoms with Crippen LogP contribution in [0.15, 0.2) is 473 Å². The summed E-state index contributed by atoms with van der Waals surface area (Å²) in [5, 5.41) is 6.50. The summed E-state index contributed by atoms with van der Waals surface area (Å²) in [7, 11) is 0. The Morgan fingerprint density at radius 3 is 0.371 bits per heavy atom. The standard InChI is InChI=1S/C112H78N4/c1-9-33-79(34-10-1)87-49-25-57-95(69-87)113(96-58-26-50-88(70-96)80-35-11-2-12-36-80)107-77-108(114(97-59-27-51-89(71-97)81-37-13-3-14-38-81)98-60-28-52-90(72-98)82-39-15-4-16-40-82)104-67-68-106-110(116(101-63-31-55-93(75-101)85-45-21-7-22-46-85)102-64-32-56-94(76-102)86-47-23-8-24-48-86)78-109(105-66-65-103(107)111(104)112(105)106)115(99-61-29-53-91(73-99)83-41-17-5-18-42-83)100-62-30-54-92(74-100)84-43-19-6-20-44-84/h1-78H. The molecule has 20 aromatic carbocycles. The van der Waals surface area contributed by atoms with Crippen LogP contribution in [0.25, 0.3) is 121 Å². The fourth-order valence-electron chi connectivity index (χ4n) is 17.0. The molecule has 0 fully saturated rings. The summed E-state index contributed by atoms with van der Waals surface area (Å²) in [5.41, 5.74) is 30.0. The van der Waals surface area contributed by atoms with Crippen LogP contribution in [-0.4, -0.2) is 0 Å². The van der Waals surface area contributed by atoms with E-state index in [4.69, 9.17) is 0 Å². The summed E-state index contributed by atoms with van der Waals surface area (Å²) in [6, 6.07) is 174. The SMILES string of the molecule is c1ccc(-c2cccc(N(c3cccc(-c4ccccc4)c3)c3cc(N(c4cccc(-c5ccccc5)c4)c4cccc(-c5ccccc5)c4)c4ccc5c(N(c6cccc(-c7ccccc7)c6)c6cccc(-c7ccccc7)c6)cc(N(c6cccc(-c7ccccc7)c6)c6cccc(-c7ccccc7)c6)c6ccc3c4c65)c2)cc1. The molecule has 4 heteroatoms. The number of anilines is 12. The highest BCUT2D eigenvalue weighted by atomic mass is 15.2. The van der Waals surface area contributed by atoms with E-state index in [1.807, 2.05) is 0 Å². The van der Waals surface area contributed by atoms with Gasteiger partial charge in [-0.2, -0.15) is 0 Å². The minimum absolute atomic E-state index is 0.999. The van der Waals surface area contributed by atoms with Crippen LogP contribution >= 0.6 is 0 Å². The first-order chi connectivity index (χ1) is 57.5. The van der Waals surface area contributed by atoms with E-state index in [0.717, 1.165) is 190 Å². The Hall–Kier alpha value is -15.4. The fraction of sp³-hybridized carbons (Fsp3) is 0. The molecule has 20 aromatic rings. The van der Waals surface area contributed by atoms with Gasteiger partial charge in [-0.25, -0.2) is 0 Å². The number of hydrogen-bond donors (Lipinski definition) is 0. The van der Waals surface area contributed by atoms with E-state index in [2.05, 4.69) is 493 Å². The first-order valence-corrected chi connectivity index (χ1v) is 39.8. The second kappa shape index (κ2) is 31.1. The molecule has 0 amide bonds. The molecule has 0 saturated carbocycles. The quantitative estimate of drug-likeness (QED) is 0.0705. The molecule has 0 aliphatic rings. The fourth-order valence-corrected chi connectivity index (χ4v) is 17.0. The molecular formula is C112H78N4. The predicted octanol–water partition coefficient (Wildman–Crippen LogP) is 31.8. The predicted molar refractivity (Wildman–Crippen MR) is 492 cm³/mol. The van der Waals surface area contributed by atoms with Gasteiger partial charge in [0.15, 0.2) is 0 Å². The maximum Gasteiger partial charge on any atom is 0.0561 e. The summed E-state index contributed by atoms with van der Waals surface area (Å²) in [6.07, 6.45) is 0. The molecule has 0 atom stereocenters. The van der Waals surface area contributed by atoms with Crippen molar-refractivity contribution in [1.82, 2.24) is 0 Å². The van der Waals surface area contributed by atoms with Crippen molar-refractivity contribution < 1.29 is 0 Å². The number of hydrogen-bond acceptors (Lipinski definition) is 4. The first-order valence-electron chi connectivity index (χ1n) is 39.8. The van der Waals surface area contributed by atoms with Gasteiger partial charge >= 0.3 is 0 Å². The van der Waals surface area contributed by atoms with Gasteiger partial charge in [0, 0.05) is 77.8 Å². The lowest BCUT2D eigenvalue weighted by atomic mass is 9.88. The van der Waals surface area contributed by atoms with Crippen LogP contribution in [0.5, 0.6) is 0 Å². The Labute approximate surface area is 677 Å². The van der Waals surface area contributed by atoms with Gasteiger partial charge in [0.05, 0.1) is 22.7 Å². The largest absolute Gasteiger partial charge is 0.310 e. The van der Waals surface area contributed by atoms with Gasteiger partial charge in [-0.3, -0.25) is 0 Å². The molecule has 546 valence electrons. The molecular weight excluding hydrogens is 1400 g/mol. The van der Waals surface area contributed by atoms with Crippen molar-refractivity contribution in [2.24, 2.45) is 0 Å². The van der Waals surface area contributed by atoms with Gasteiger partial charge in [0.2, 0.25) is 0 Å². The average Bonchev–Trinajstić information content (AvgIpc) is 0.698. The van der Waals surface area contributed by atoms with Crippen molar-refractivity contribution in [3.63, 3.8) is 0 Å². The summed E-state index contributed by atoms with van der Waals surface area (Å²) < 4.78 is 0. The van der Waals surface area contributed by atoms with E-state index in [0.29, 0.717) is 0 Å². The molecule has 0 bridgehead atoms. The van der Waals surface area contributed by atoms with Crippen LogP contribution in [0.3, 0.4) is 0 Å². The Morgan fingerprint density at radius 1 is 0.103 bits per heavy atom. The normalized spacial score (nSPS) is 11.3. The molecule has 20 rings (SSSR count). The lowest BCUT2D eigenvalue weighted by Crippen LogP contribution is -2.16. The van der Waals surface area contributed by atoms with Crippen molar-refractivity contribution >= 4 is 101 Å². The minimum atomic E-state index is 0.999. The lowest BCUT2D eigenvalue weighted by Gasteiger charge is -2.35. The molecule has 0 aliphatic carbocycles. The molecule has 0 N–H and O–H groups in total. The third-order valence-corrected chi connectivity index (χ3v) is 22.5. The monoisotopic (exact) mass is 1480 g/mol. The smallest absolute Gasteiger partial charge is 0.0561 e. The van der Waals surface area contributed by atoms with E-state index < -0.39 is 0 Å². The zero-order chi connectivity index (χ0) is 77.1. The van der Waals surface area contributed by atoms with Gasteiger partial charge in [-0.1, -0.05) is 364 Å². The number of benzene rings is 20. The molecule has 0 aromatic heterocycles. The van der Waals surface area contributed by atoms with Gasteiger partial charge in [-0.05, 0) is 198 Å². The van der Waals surface area contributed by atoms with Crippen molar-refractivity contribution in [3.8, 4) is 89.0 Å². The molecule has 0 spiro atoms. The maximum atomic E-state index is 2.53. The second-order valence-electron chi connectivity index (χ2n) is 29.6. The molecule has 4 nitrogen and oxygen atoms in total. The second-order valence-corrected chi connectivity index (χ2v) is 29.6. The van der Waals surface area contributed by atoms with Gasteiger partial charge in [0.25, 0.3) is 0 Å². The molecule has 0 radical (unpaired) electrons. The van der Waals surface area contributed by atoms with E-state index >= 15 is 0 Å². The number of nitrogens with zero attached hydrogens (tertiary/aromatic N) is 4. The van der Waals surface area contributed by atoms with Crippen molar-refractivity contribution in [2.45, 2.75) is 0 Å². The van der Waals surface area contributed by atoms with Crippen LogP contribution < -0.4 is 19.6 Å². The van der Waals surface area contributed by atoms with Crippen LogP contribution in [-0.2, 0) is 0 Å². The topological polar surface area (TPSA) is 13.0 Å². The van der Waals surface area contributed by atoms with Crippen LogP contribution in [0, 0.1) is 0 Å². The molecule has 0 unspecified atom stereocenters. The van der Waals surface area contributed by atoms with Gasteiger partial charge in [0.1, 0.15) is 0 Å². The number of rotatable bonds is 20. The Kier molecular flexibility index (Phi) is 18.7. The summed E-state index contributed by atoms with van der Waals surface area (Å²) in [4.78, 5) is 10.1. The Balaban J connectivity index is 0.968. The Bertz CT molecular complexity index is 5720. The summed E-state index contributed by atoms with van der Waals surface area (Å²) in [5.74, 6) is 0. The average molecular weight is 1480 g/mol. The third kappa shape index (κ3) is 13.6. The van der Waals surface area contributed by atoms with E-state index in [1.54, 1.807) is 0 Å². The van der Waals surface area contributed by atoms with Crippen LogP contribution in [0.2, 0.25) is 0 Å². The van der Waals surface area contributed by atoms with Crippen molar-refractivity contribution in [2.75, 3.05) is 19.6 Å². The van der Waals surface area contributed by atoms with Gasteiger partial charge < -0.3 is 19.6 Å². The minimum Gasteiger partial charge on any atom is -0.310 e. The van der Waals surface area contributed by atoms with Gasteiger partial charge in [-0.15, -0.1) is 0 Å². The molecule has 0 heterocycles.